The first-order chi connectivity index (χ1) is 10.2. The molecule has 124 valence electrons. The van der Waals surface area contributed by atoms with Crippen LogP contribution in [-0.4, -0.2) is 30.0 Å². The summed E-state index contributed by atoms with van der Waals surface area (Å²) in [4.78, 5) is 11.8. The number of rotatable bonds is 7. The first-order valence-electron chi connectivity index (χ1n) is 6.95. The Morgan fingerprint density at radius 3 is 2.64 bits per heavy atom. The minimum Gasteiger partial charge on any atom is -0.406 e. The maximum absolute atomic E-state index is 12.1. The van der Waals surface area contributed by atoms with Crippen LogP contribution in [0.4, 0.5) is 13.2 Å². The number of benzene rings is 1. The van der Waals surface area contributed by atoms with Crippen molar-refractivity contribution in [1.82, 2.24) is 5.32 Å². The van der Waals surface area contributed by atoms with Gasteiger partial charge in [-0.15, -0.1) is 13.2 Å². The Bertz CT molecular complexity index is 489. The van der Waals surface area contributed by atoms with E-state index in [1.54, 1.807) is 13.0 Å². The van der Waals surface area contributed by atoms with Gasteiger partial charge in [0.15, 0.2) is 0 Å². The number of hydrogen-bond acceptors (Lipinski definition) is 3. The second kappa shape index (κ2) is 8.03. The SMILES string of the molecule is CC(O)CC(C)CNC(=O)Cc1cccc(OC(F)(F)F)c1. The number of carbonyl (C=O) groups is 1. The first-order valence-corrected chi connectivity index (χ1v) is 6.95. The molecule has 0 spiro atoms. The van der Waals surface area contributed by atoms with Crippen molar-refractivity contribution in [2.75, 3.05) is 6.54 Å². The number of aliphatic hydroxyl groups is 1. The van der Waals surface area contributed by atoms with Crippen molar-refractivity contribution >= 4 is 5.91 Å². The lowest BCUT2D eigenvalue weighted by Crippen LogP contribution is -2.30. The van der Waals surface area contributed by atoms with Crippen LogP contribution >= 0.6 is 0 Å². The lowest BCUT2D eigenvalue weighted by atomic mass is 10.0. The van der Waals surface area contributed by atoms with Crippen LogP contribution in [0.1, 0.15) is 25.8 Å². The third-order valence-corrected chi connectivity index (χ3v) is 2.89. The molecule has 1 aromatic carbocycles. The van der Waals surface area contributed by atoms with Crippen molar-refractivity contribution in [1.29, 1.82) is 0 Å². The maximum Gasteiger partial charge on any atom is 0.573 e. The van der Waals surface area contributed by atoms with Gasteiger partial charge in [0.1, 0.15) is 5.75 Å². The van der Waals surface area contributed by atoms with Crippen molar-refractivity contribution in [3.8, 4) is 5.75 Å². The number of amides is 1. The van der Waals surface area contributed by atoms with E-state index in [2.05, 4.69) is 10.1 Å². The Morgan fingerprint density at radius 1 is 1.36 bits per heavy atom. The molecule has 0 radical (unpaired) electrons. The van der Waals surface area contributed by atoms with Gasteiger partial charge >= 0.3 is 6.36 Å². The third-order valence-electron chi connectivity index (χ3n) is 2.89. The average Bonchev–Trinajstić information content (AvgIpc) is 2.34. The molecule has 0 fully saturated rings. The second-order valence-electron chi connectivity index (χ2n) is 5.37. The van der Waals surface area contributed by atoms with Crippen molar-refractivity contribution in [2.24, 2.45) is 5.92 Å². The van der Waals surface area contributed by atoms with Crippen LogP contribution in [0.25, 0.3) is 0 Å². The van der Waals surface area contributed by atoms with E-state index in [-0.39, 0.29) is 24.0 Å². The lowest BCUT2D eigenvalue weighted by Gasteiger charge is -2.14. The molecule has 22 heavy (non-hydrogen) atoms. The Balaban J connectivity index is 2.49. The van der Waals surface area contributed by atoms with E-state index in [1.807, 2.05) is 6.92 Å². The van der Waals surface area contributed by atoms with Crippen molar-refractivity contribution in [3.63, 3.8) is 0 Å². The van der Waals surface area contributed by atoms with Crippen molar-refractivity contribution in [3.05, 3.63) is 29.8 Å². The predicted molar refractivity (Wildman–Crippen MR) is 75.3 cm³/mol. The molecule has 2 atom stereocenters. The van der Waals surface area contributed by atoms with Gasteiger partial charge < -0.3 is 15.2 Å². The molecule has 0 aliphatic rings. The van der Waals surface area contributed by atoms with Gasteiger partial charge in [0.05, 0.1) is 12.5 Å². The molecule has 2 N–H and O–H groups in total. The van der Waals surface area contributed by atoms with Crippen LogP contribution in [0.2, 0.25) is 0 Å². The summed E-state index contributed by atoms with van der Waals surface area (Å²) in [5, 5.41) is 11.9. The standard InChI is InChI=1S/C15H20F3NO3/c1-10(6-11(2)20)9-19-14(21)8-12-4-3-5-13(7-12)22-15(16,17)18/h3-5,7,10-11,20H,6,8-9H2,1-2H3,(H,19,21). The van der Waals surface area contributed by atoms with Crippen LogP contribution in [0, 0.1) is 5.92 Å². The summed E-state index contributed by atoms with van der Waals surface area (Å²) >= 11 is 0. The zero-order valence-corrected chi connectivity index (χ0v) is 12.5. The van der Waals surface area contributed by atoms with Crippen LogP contribution in [0.5, 0.6) is 5.75 Å². The highest BCUT2D eigenvalue weighted by Crippen LogP contribution is 2.23. The number of aliphatic hydroxyl groups excluding tert-OH is 1. The summed E-state index contributed by atoms with van der Waals surface area (Å²) in [6, 6.07) is 5.33. The highest BCUT2D eigenvalue weighted by Gasteiger charge is 2.31. The Kier molecular flexibility index (Phi) is 6.67. The van der Waals surface area contributed by atoms with Gasteiger partial charge in [-0.1, -0.05) is 19.1 Å². The quantitative estimate of drug-likeness (QED) is 0.812. The van der Waals surface area contributed by atoms with Crippen molar-refractivity contribution < 1.29 is 27.8 Å². The monoisotopic (exact) mass is 319 g/mol. The Hall–Kier alpha value is -1.76. The smallest absolute Gasteiger partial charge is 0.406 e. The molecule has 1 aromatic rings. The Labute approximate surface area is 127 Å². The molecule has 2 unspecified atom stereocenters. The number of halogens is 3. The van der Waals surface area contributed by atoms with Gasteiger partial charge in [-0.3, -0.25) is 4.79 Å². The highest BCUT2D eigenvalue weighted by molar-refractivity contribution is 5.78. The van der Waals surface area contributed by atoms with E-state index in [4.69, 9.17) is 0 Å². The van der Waals surface area contributed by atoms with Gasteiger partial charge in [-0.05, 0) is 37.0 Å². The molecule has 4 nitrogen and oxygen atoms in total. The second-order valence-corrected chi connectivity index (χ2v) is 5.37. The molecule has 0 aliphatic heterocycles. The molecule has 0 heterocycles. The van der Waals surface area contributed by atoms with Gasteiger partial charge in [-0.2, -0.15) is 0 Å². The largest absolute Gasteiger partial charge is 0.573 e. The number of hydrogen-bond donors (Lipinski definition) is 2. The molecule has 1 rings (SSSR count). The maximum atomic E-state index is 12.1. The topological polar surface area (TPSA) is 58.6 Å². The summed E-state index contributed by atoms with van der Waals surface area (Å²) in [5.74, 6) is -0.522. The summed E-state index contributed by atoms with van der Waals surface area (Å²) < 4.78 is 40.2. The minimum atomic E-state index is -4.75. The number of alkyl halides is 3. The molecule has 0 aromatic heterocycles. The zero-order chi connectivity index (χ0) is 16.8. The van der Waals surface area contributed by atoms with Crippen LogP contribution < -0.4 is 10.1 Å². The summed E-state index contributed by atoms with van der Waals surface area (Å²) in [6.07, 6.45) is -4.66. The molecule has 0 bridgehead atoms. The highest BCUT2D eigenvalue weighted by atomic mass is 19.4. The normalized spacial score (nSPS) is 14.3. The van der Waals surface area contributed by atoms with Gasteiger partial charge in [0.2, 0.25) is 5.91 Å². The van der Waals surface area contributed by atoms with E-state index in [9.17, 15) is 23.1 Å². The van der Waals surface area contributed by atoms with E-state index in [0.717, 1.165) is 0 Å². The fraction of sp³-hybridized carbons (Fsp3) is 0.533. The minimum absolute atomic E-state index is 0.0313. The van der Waals surface area contributed by atoms with E-state index >= 15 is 0 Å². The number of carbonyl (C=O) groups excluding carboxylic acids is 1. The van der Waals surface area contributed by atoms with Crippen LogP contribution in [0.15, 0.2) is 24.3 Å². The summed E-state index contributed by atoms with van der Waals surface area (Å²) in [5.41, 5.74) is 0.433. The van der Waals surface area contributed by atoms with E-state index < -0.39 is 12.5 Å². The van der Waals surface area contributed by atoms with Gasteiger partial charge in [-0.25, -0.2) is 0 Å². The molecule has 1 amide bonds. The van der Waals surface area contributed by atoms with Gasteiger partial charge in [0.25, 0.3) is 0 Å². The number of nitrogens with one attached hydrogen (secondary N) is 1. The summed E-state index contributed by atoms with van der Waals surface area (Å²) in [6.45, 7) is 3.97. The fourth-order valence-corrected chi connectivity index (χ4v) is 2.05. The molecule has 0 saturated carbocycles. The third kappa shape index (κ3) is 7.87. The predicted octanol–water partition coefficient (Wildman–Crippen LogP) is 2.65. The molecular formula is C15H20F3NO3. The molecule has 7 heteroatoms. The van der Waals surface area contributed by atoms with E-state index in [1.165, 1.54) is 18.2 Å². The van der Waals surface area contributed by atoms with Gasteiger partial charge in [0, 0.05) is 6.54 Å². The van der Waals surface area contributed by atoms with E-state index in [0.29, 0.717) is 18.5 Å². The van der Waals surface area contributed by atoms with Crippen LogP contribution in [0.3, 0.4) is 0 Å². The zero-order valence-electron chi connectivity index (χ0n) is 12.5. The number of ether oxygens (including phenoxy) is 1. The first kappa shape index (κ1) is 18.3. The van der Waals surface area contributed by atoms with Crippen molar-refractivity contribution in [2.45, 2.75) is 39.2 Å². The van der Waals surface area contributed by atoms with Crippen LogP contribution in [-0.2, 0) is 11.2 Å². The Morgan fingerprint density at radius 2 is 2.05 bits per heavy atom. The lowest BCUT2D eigenvalue weighted by molar-refractivity contribution is -0.274. The molecular weight excluding hydrogens is 299 g/mol. The molecule has 0 aliphatic carbocycles. The fourth-order valence-electron chi connectivity index (χ4n) is 2.05. The average molecular weight is 319 g/mol. The summed E-state index contributed by atoms with van der Waals surface area (Å²) in [7, 11) is 0. The molecule has 0 saturated heterocycles.